The lowest BCUT2D eigenvalue weighted by Gasteiger charge is -2.09. The Labute approximate surface area is 112 Å². The molecule has 0 bridgehead atoms. The molecule has 2 nitrogen and oxygen atoms in total. The van der Waals surface area contributed by atoms with Crippen LogP contribution >= 0.6 is 0 Å². The van der Waals surface area contributed by atoms with Crippen molar-refractivity contribution in [3.63, 3.8) is 0 Å². The van der Waals surface area contributed by atoms with Crippen LogP contribution in [0.15, 0.2) is 42.5 Å². The van der Waals surface area contributed by atoms with E-state index in [9.17, 15) is 4.39 Å². The van der Waals surface area contributed by atoms with Crippen LogP contribution in [-0.4, -0.2) is 11.7 Å². The first-order valence-corrected chi connectivity index (χ1v) is 6.26. The van der Waals surface area contributed by atoms with Gasteiger partial charge in [0.1, 0.15) is 18.2 Å². The number of ether oxygens (including phenoxy) is 1. The molecule has 19 heavy (non-hydrogen) atoms. The Morgan fingerprint density at radius 1 is 1.11 bits per heavy atom. The van der Waals surface area contributed by atoms with E-state index in [1.165, 1.54) is 12.1 Å². The topological polar surface area (TPSA) is 29.5 Å². The number of aryl methyl sites for hydroxylation is 1. The highest BCUT2D eigenvalue weighted by Gasteiger charge is 2.02. The molecule has 0 aromatic heterocycles. The quantitative estimate of drug-likeness (QED) is 0.894. The van der Waals surface area contributed by atoms with Crippen molar-refractivity contribution < 1.29 is 14.2 Å². The maximum Gasteiger partial charge on any atom is 0.123 e. The molecule has 0 heterocycles. The Hall–Kier alpha value is -1.87. The number of halogens is 1. The Morgan fingerprint density at radius 3 is 2.53 bits per heavy atom. The van der Waals surface area contributed by atoms with E-state index in [4.69, 9.17) is 9.84 Å². The number of benzene rings is 2. The van der Waals surface area contributed by atoms with E-state index in [0.29, 0.717) is 13.0 Å². The Bertz CT molecular complexity index is 535. The average Bonchev–Trinajstić information content (AvgIpc) is 2.42. The lowest BCUT2D eigenvalue weighted by Crippen LogP contribution is -1.99. The van der Waals surface area contributed by atoms with Gasteiger partial charge in [0.2, 0.25) is 0 Å². The monoisotopic (exact) mass is 260 g/mol. The van der Waals surface area contributed by atoms with E-state index in [-0.39, 0.29) is 12.4 Å². The highest BCUT2D eigenvalue weighted by Crippen LogP contribution is 2.16. The predicted octanol–water partition coefficient (Wildman–Crippen LogP) is 3.25. The lowest BCUT2D eigenvalue weighted by molar-refractivity contribution is 0.298. The summed E-state index contributed by atoms with van der Waals surface area (Å²) in [5.41, 5.74) is 2.93. The van der Waals surface area contributed by atoms with Gasteiger partial charge >= 0.3 is 0 Å². The third-order valence-corrected chi connectivity index (χ3v) is 3.03. The van der Waals surface area contributed by atoms with Crippen LogP contribution in [0.25, 0.3) is 0 Å². The molecule has 0 amide bonds. The van der Waals surface area contributed by atoms with E-state index in [1.807, 2.05) is 31.2 Å². The minimum atomic E-state index is -0.248. The van der Waals surface area contributed by atoms with Gasteiger partial charge in [-0.05, 0) is 54.3 Å². The molecule has 3 heteroatoms. The van der Waals surface area contributed by atoms with Crippen LogP contribution < -0.4 is 4.74 Å². The lowest BCUT2D eigenvalue weighted by atomic mass is 10.1. The third-order valence-electron chi connectivity index (χ3n) is 3.03. The molecule has 1 N–H and O–H groups in total. The van der Waals surface area contributed by atoms with Gasteiger partial charge in [0.05, 0.1) is 0 Å². The molecule has 0 spiro atoms. The summed E-state index contributed by atoms with van der Waals surface area (Å²) in [6, 6.07) is 12.3. The zero-order valence-electron chi connectivity index (χ0n) is 10.9. The first-order valence-electron chi connectivity index (χ1n) is 6.26. The Morgan fingerprint density at radius 2 is 1.84 bits per heavy atom. The minimum absolute atomic E-state index is 0.142. The molecular formula is C16H17FO2. The van der Waals surface area contributed by atoms with Crippen LogP contribution in [0.1, 0.15) is 16.7 Å². The summed E-state index contributed by atoms with van der Waals surface area (Å²) < 4.78 is 18.8. The molecule has 0 aliphatic heterocycles. The van der Waals surface area contributed by atoms with E-state index in [2.05, 4.69) is 0 Å². The van der Waals surface area contributed by atoms with E-state index >= 15 is 0 Å². The minimum Gasteiger partial charge on any atom is -0.489 e. The van der Waals surface area contributed by atoms with E-state index < -0.39 is 0 Å². The van der Waals surface area contributed by atoms with Crippen LogP contribution in [0, 0.1) is 12.7 Å². The highest BCUT2D eigenvalue weighted by atomic mass is 19.1. The number of rotatable bonds is 5. The first kappa shape index (κ1) is 13.6. The molecule has 0 aliphatic carbocycles. The molecule has 0 atom stereocenters. The molecule has 0 saturated heterocycles. The molecule has 2 aromatic rings. The summed E-state index contributed by atoms with van der Waals surface area (Å²) in [5, 5.41) is 8.83. The second-order valence-electron chi connectivity index (χ2n) is 4.48. The maximum atomic E-state index is 13.1. The fraction of sp³-hybridized carbons (Fsp3) is 0.250. The summed E-state index contributed by atoms with van der Waals surface area (Å²) in [7, 11) is 0. The van der Waals surface area contributed by atoms with Gasteiger partial charge in [0, 0.05) is 6.61 Å². The first-order chi connectivity index (χ1) is 9.19. The molecule has 0 radical (unpaired) electrons. The van der Waals surface area contributed by atoms with Gasteiger partial charge in [-0.1, -0.05) is 18.2 Å². The van der Waals surface area contributed by atoms with Gasteiger partial charge in [-0.15, -0.1) is 0 Å². The molecule has 0 saturated carbocycles. The predicted molar refractivity (Wildman–Crippen MR) is 72.7 cm³/mol. The van der Waals surface area contributed by atoms with Gasteiger partial charge in [-0.3, -0.25) is 0 Å². The van der Waals surface area contributed by atoms with E-state index in [0.717, 1.165) is 22.4 Å². The van der Waals surface area contributed by atoms with E-state index in [1.54, 1.807) is 6.07 Å². The Balaban J connectivity index is 2.00. The largest absolute Gasteiger partial charge is 0.489 e. The zero-order chi connectivity index (χ0) is 13.7. The Kier molecular flexibility index (Phi) is 4.53. The van der Waals surface area contributed by atoms with Crippen LogP contribution in [0.4, 0.5) is 4.39 Å². The molecular weight excluding hydrogens is 243 g/mol. The van der Waals surface area contributed by atoms with Crippen molar-refractivity contribution in [3.05, 3.63) is 65.0 Å². The summed E-state index contributed by atoms with van der Waals surface area (Å²) in [4.78, 5) is 0. The SMILES string of the molecule is Cc1ccc(F)cc1COc1ccc(CCO)cc1. The maximum absolute atomic E-state index is 13.1. The van der Waals surface area contributed by atoms with Crippen LogP contribution in [0.3, 0.4) is 0 Å². The van der Waals surface area contributed by atoms with Crippen molar-refractivity contribution in [1.82, 2.24) is 0 Å². The van der Waals surface area contributed by atoms with Gasteiger partial charge in [-0.25, -0.2) is 4.39 Å². The summed E-state index contributed by atoms with van der Waals surface area (Å²) in [5.74, 6) is 0.493. The number of aliphatic hydroxyl groups excluding tert-OH is 1. The van der Waals surface area contributed by atoms with Crippen molar-refractivity contribution in [1.29, 1.82) is 0 Å². The zero-order valence-corrected chi connectivity index (χ0v) is 10.9. The average molecular weight is 260 g/mol. The summed E-state index contributed by atoms with van der Waals surface area (Å²) in [6.45, 7) is 2.42. The molecule has 0 fully saturated rings. The van der Waals surface area contributed by atoms with Gasteiger partial charge in [0.25, 0.3) is 0 Å². The van der Waals surface area contributed by atoms with Gasteiger partial charge in [0.15, 0.2) is 0 Å². The smallest absolute Gasteiger partial charge is 0.123 e. The normalized spacial score (nSPS) is 10.5. The molecule has 0 aliphatic rings. The summed E-state index contributed by atoms with van der Waals surface area (Å²) >= 11 is 0. The van der Waals surface area contributed by atoms with Gasteiger partial charge < -0.3 is 9.84 Å². The van der Waals surface area contributed by atoms with Crippen molar-refractivity contribution >= 4 is 0 Å². The molecule has 2 aromatic carbocycles. The van der Waals surface area contributed by atoms with Crippen LogP contribution in [0.2, 0.25) is 0 Å². The molecule has 100 valence electrons. The third kappa shape index (κ3) is 3.80. The second kappa shape index (κ2) is 6.34. The molecule has 0 unspecified atom stereocenters. The standard InChI is InChI=1S/C16H17FO2/c1-12-2-5-15(17)10-14(12)11-19-16-6-3-13(4-7-16)8-9-18/h2-7,10,18H,8-9,11H2,1H3. The second-order valence-corrected chi connectivity index (χ2v) is 4.48. The van der Waals surface area contributed by atoms with Crippen molar-refractivity contribution in [3.8, 4) is 5.75 Å². The fourth-order valence-corrected chi connectivity index (χ4v) is 1.84. The number of aliphatic hydroxyl groups is 1. The molecule has 2 rings (SSSR count). The van der Waals surface area contributed by atoms with Gasteiger partial charge in [-0.2, -0.15) is 0 Å². The fourth-order valence-electron chi connectivity index (χ4n) is 1.84. The number of hydrogen-bond acceptors (Lipinski definition) is 2. The van der Waals surface area contributed by atoms with Crippen LogP contribution in [0.5, 0.6) is 5.75 Å². The number of hydrogen-bond donors (Lipinski definition) is 1. The van der Waals surface area contributed by atoms with Crippen molar-refractivity contribution in [2.24, 2.45) is 0 Å². The van der Waals surface area contributed by atoms with Crippen molar-refractivity contribution in [2.45, 2.75) is 20.0 Å². The van der Waals surface area contributed by atoms with Crippen molar-refractivity contribution in [2.75, 3.05) is 6.61 Å². The highest BCUT2D eigenvalue weighted by molar-refractivity contribution is 5.29. The summed E-state index contributed by atoms with van der Waals surface area (Å²) in [6.07, 6.45) is 0.642. The van der Waals surface area contributed by atoms with Crippen LogP contribution in [-0.2, 0) is 13.0 Å².